The predicted molar refractivity (Wildman–Crippen MR) is 93.5 cm³/mol. The summed E-state index contributed by atoms with van der Waals surface area (Å²) in [4.78, 5) is 25.4. The molecular weight excluding hydrogens is 342 g/mol. The monoisotopic (exact) mass is 359 g/mol. The summed E-state index contributed by atoms with van der Waals surface area (Å²) in [6.45, 7) is 0.540. The first kappa shape index (κ1) is 17.3. The molecule has 0 saturated carbocycles. The van der Waals surface area contributed by atoms with E-state index in [1.807, 2.05) is 42.5 Å². The van der Waals surface area contributed by atoms with Crippen LogP contribution < -0.4 is 0 Å². The highest BCUT2D eigenvalue weighted by molar-refractivity contribution is 6.31. The molecule has 1 fully saturated rings. The van der Waals surface area contributed by atoms with Crippen molar-refractivity contribution in [3.63, 3.8) is 0 Å². The number of hydrogen-bond donors (Lipinski definition) is 1. The smallest absolute Gasteiger partial charge is 0.410 e. The molecule has 2 aromatic rings. The molecular formula is C19H18ClNO4. The molecule has 130 valence electrons. The number of ether oxygens (including phenoxy) is 1. The number of carbonyl (C=O) groups is 2. The summed E-state index contributed by atoms with van der Waals surface area (Å²) in [5.74, 6) is -2.00. The number of likely N-dealkylation sites (tertiary alicyclic amines) is 1. The summed E-state index contributed by atoms with van der Waals surface area (Å²) in [7, 11) is 0. The third-order valence-electron chi connectivity index (χ3n) is 4.41. The number of carboxylic acids is 1. The van der Waals surface area contributed by atoms with Gasteiger partial charge in [0.05, 0.1) is 5.92 Å². The first-order valence-corrected chi connectivity index (χ1v) is 8.37. The number of hydrogen-bond acceptors (Lipinski definition) is 3. The lowest BCUT2D eigenvalue weighted by Crippen LogP contribution is -2.30. The molecule has 6 heteroatoms. The standard InChI is InChI=1S/C19H18ClNO4/c20-17-9-5-4-8-14(17)15-10-21(11-16(15)18(22)23)19(24)25-12-13-6-2-1-3-7-13/h1-9,15-16H,10-12H2,(H,22,23)/t15-,16-/m0/s1. The van der Waals surface area contributed by atoms with Gasteiger partial charge in [-0.25, -0.2) is 4.79 Å². The molecule has 0 bridgehead atoms. The topological polar surface area (TPSA) is 66.8 Å². The zero-order valence-corrected chi connectivity index (χ0v) is 14.2. The van der Waals surface area contributed by atoms with E-state index in [0.717, 1.165) is 11.1 Å². The molecule has 2 atom stereocenters. The molecule has 1 aliphatic heterocycles. The van der Waals surface area contributed by atoms with Gasteiger partial charge in [0, 0.05) is 24.0 Å². The third-order valence-corrected chi connectivity index (χ3v) is 4.75. The van der Waals surface area contributed by atoms with E-state index < -0.39 is 18.0 Å². The van der Waals surface area contributed by atoms with Crippen molar-refractivity contribution >= 4 is 23.7 Å². The van der Waals surface area contributed by atoms with Crippen molar-refractivity contribution in [3.8, 4) is 0 Å². The molecule has 5 nitrogen and oxygen atoms in total. The maximum Gasteiger partial charge on any atom is 0.410 e. The van der Waals surface area contributed by atoms with Gasteiger partial charge >= 0.3 is 12.1 Å². The number of rotatable bonds is 4. The van der Waals surface area contributed by atoms with E-state index in [2.05, 4.69) is 0 Å². The Labute approximate surface area is 150 Å². The molecule has 0 aromatic heterocycles. The molecule has 3 rings (SSSR count). The Bertz CT molecular complexity index is 765. The fourth-order valence-corrected chi connectivity index (χ4v) is 3.38. The van der Waals surface area contributed by atoms with Gasteiger partial charge in [-0.15, -0.1) is 0 Å². The van der Waals surface area contributed by atoms with Gasteiger partial charge in [-0.05, 0) is 17.2 Å². The number of carbonyl (C=O) groups excluding carboxylic acids is 1. The largest absolute Gasteiger partial charge is 0.481 e. The Balaban J connectivity index is 1.70. The minimum absolute atomic E-state index is 0.110. The molecule has 0 unspecified atom stereocenters. The summed E-state index contributed by atoms with van der Waals surface area (Å²) in [5, 5.41) is 10.0. The SMILES string of the molecule is O=C(O)[C@H]1CN(C(=O)OCc2ccccc2)C[C@H]1c1ccccc1Cl. The molecule has 1 heterocycles. The van der Waals surface area contributed by atoms with Gasteiger partial charge in [-0.1, -0.05) is 60.1 Å². The second kappa shape index (κ2) is 7.57. The van der Waals surface area contributed by atoms with E-state index in [1.165, 1.54) is 4.90 Å². The molecule has 0 aliphatic carbocycles. The van der Waals surface area contributed by atoms with Crippen LogP contribution in [-0.4, -0.2) is 35.2 Å². The molecule has 0 radical (unpaired) electrons. The number of aliphatic carboxylic acids is 1. The highest BCUT2D eigenvalue weighted by Crippen LogP contribution is 2.36. The Morgan fingerprint density at radius 3 is 2.44 bits per heavy atom. The van der Waals surface area contributed by atoms with E-state index >= 15 is 0 Å². The van der Waals surface area contributed by atoms with Crippen LogP contribution in [0.3, 0.4) is 0 Å². The van der Waals surface area contributed by atoms with Crippen molar-refractivity contribution in [1.82, 2.24) is 4.90 Å². The first-order chi connectivity index (χ1) is 12.1. The number of carboxylic acid groups (broad SMARTS) is 1. The van der Waals surface area contributed by atoms with Crippen LogP contribution in [-0.2, 0) is 16.1 Å². The first-order valence-electron chi connectivity index (χ1n) is 7.99. The van der Waals surface area contributed by atoms with Gasteiger partial charge in [-0.3, -0.25) is 4.79 Å². The van der Waals surface area contributed by atoms with E-state index in [1.54, 1.807) is 12.1 Å². The van der Waals surface area contributed by atoms with Crippen molar-refractivity contribution < 1.29 is 19.4 Å². The number of halogens is 1. The molecule has 25 heavy (non-hydrogen) atoms. The summed E-state index contributed by atoms with van der Waals surface area (Å²) in [6.07, 6.45) is -0.510. The molecule has 1 saturated heterocycles. The van der Waals surface area contributed by atoms with Gasteiger partial charge < -0.3 is 14.7 Å². The van der Waals surface area contributed by atoms with Gasteiger partial charge in [0.15, 0.2) is 0 Å². The Morgan fingerprint density at radius 2 is 1.76 bits per heavy atom. The van der Waals surface area contributed by atoms with E-state index in [9.17, 15) is 14.7 Å². The lowest BCUT2D eigenvalue weighted by molar-refractivity contribution is -0.141. The highest BCUT2D eigenvalue weighted by Gasteiger charge is 2.41. The fraction of sp³-hybridized carbons (Fsp3) is 0.263. The maximum atomic E-state index is 12.3. The molecule has 2 aromatic carbocycles. The van der Waals surface area contributed by atoms with E-state index in [0.29, 0.717) is 5.02 Å². The Kier molecular flexibility index (Phi) is 5.24. The van der Waals surface area contributed by atoms with Crippen LogP contribution in [0.5, 0.6) is 0 Å². The van der Waals surface area contributed by atoms with Gasteiger partial charge in [0.2, 0.25) is 0 Å². The van der Waals surface area contributed by atoms with Crippen molar-refractivity contribution in [3.05, 3.63) is 70.7 Å². The van der Waals surface area contributed by atoms with Crippen molar-refractivity contribution in [1.29, 1.82) is 0 Å². The highest BCUT2D eigenvalue weighted by atomic mass is 35.5. The van der Waals surface area contributed by atoms with E-state index in [-0.39, 0.29) is 25.6 Å². The van der Waals surface area contributed by atoms with Crippen molar-refractivity contribution in [2.24, 2.45) is 5.92 Å². The van der Waals surface area contributed by atoms with Crippen LogP contribution in [0.4, 0.5) is 4.79 Å². The minimum Gasteiger partial charge on any atom is -0.481 e. The van der Waals surface area contributed by atoms with Crippen LogP contribution in [0.25, 0.3) is 0 Å². The predicted octanol–water partition coefficient (Wildman–Crippen LogP) is 3.78. The van der Waals surface area contributed by atoms with Crippen LogP contribution in [0.1, 0.15) is 17.0 Å². The van der Waals surface area contributed by atoms with Crippen LogP contribution in [0.15, 0.2) is 54.6 Å². The zero-order valence-electron chi connectivity index (χ0n) is 13.5. The number of amides is 1. The molecule has 0 spiro atoms. The fourth-order valence-electron chi connectivity index (χ4n) is 3.10. The van der Waals surface area contributed by atoms with Gasteiger partial charge in [-0.2, -0.15) is 0 Å². The van der Waals surface area contributed by atoms with Crippen LogP contribution in [0, 0.1) is 5.92 Å². The van der Waals surface area contributed by atoms with Crippen LogP contribution in [0.2, 0.25) is 5.02 Å². The normalized spacial score (nSPS) is 19.6. The van der Waals surface area contributed by atoms with Gasteiger partial charge in [0.1, 0.15) is 6.61 Å². The van der Waals surface area contributed by atoms with Crippen molar-refractivity contribution in [2.75, 3.05) is 13.1 Å². The summed E-state index contributed by atoms with van der Waals surface area (Å²) in [6, 6.07) is 16.5. The molecule has 1 aliphatic rings. The Morgan fingerprint density at radius 1 is 1.08 bits per heavy atom. The zero-order chi connectivity index (χ0) is 17.8. The molecule has 1 N–H and O–H groups in total. The summed E-state index contributed by atoms with van der Waals surface area (Å²) in [5.41, 5.74) is 1.63. The minimum atomic E-state index is -0.941. The molecule has 1 amide bonds. The summed E-state index contributed by atoms with van der Waals surface area (Å²) >= 11 is 6.22. The average molecular weight is 360 g/mol. The van der Waals surface area contributed by atoms with Gasteiger partial charge in [0.25, 0.3) is 0 Å². The Hall–Kier alpha value is -2.53. The summed E-state index contributed by atoms with van der Waals surface area (Å²) < 4.78 is 5.32. The van der Waals surface area contributed by atoms with Crippen LogP contribution >= 0.6 is 11.6 Å². The number of benzene rings is 2. The lowest BCUT2D eigenvalue weighted by atomic mass is 9.89. The van der Waals surface area contributed by atoms with E-state index in [4.69, 9.17) is 16.3 Å². The van der Waals surface area contributed by atoms with Crippen molar-refractivity contribution in [2.45, 2.75) is 12.5 Å². The second-order valence-electron chi connectivity index (χ2n) is 6.02. The maximum absolute atomic E-state index is 12.3. The quantitative estimate of drug-likeness (QED) is 0.902. The second-order valence-corrected chi connectivity index (χ2v) is 6.43. The average Bonchev–Trinajstić information content (AvgIpc) is 3.06. The lowest BCUT2D eigenvalue weighted by Gasteiger charge is -2.17. The third kappa shape index (κ3) is 3.94. The number of nitrogens with zero attached hydrogens (tertiary/aromatic N) is 1.